The fourth-order valence-electron chi connectivity index (χ4n) is 2.05. The number of amides is 1. The number of hydrogen-bond acceptors (Lipinski definition) is 3. The largest absolute Gasteiger partial charge is 0.337 e. The topological polar surface area (TPSA) is 79.2 Å². The zero-order valence-corrected chi connectivity index (χ0v) is 9.85. The van der Waals surface area contributed by atoms with E-state index in [-0.39, 0.29) is 17.5 Å². The fraction of sp³-hybridized carbons (Fsp3) is 0.500. The lowest BCUT2D eigenvalue weighted by atomic mass is 10.1. The van der Waals surface area contributed by atoms with Gasteiger partial charge in [0, 0.05) is 31.9 Å². The third-order valence-electron chi connectivity index (χ3n) is 3.26. The summed E-state index contributed by atoms with van der Waals surface area (Å²) in [5, 5.41) is 0. The molecule has 2 rings (SSSR count). The number of aromatic nitrogens is 1. The molecule has 1 unspecified atom stereocenters. The van der Waals surface area contributed by atoms with Crippen molar-refractivity contribution in [2.75, 3.05) is 13.6 Å². The first-order valence-electron chi connectivity index (χ1n) is 5.79. The molecule has 1 atom stereocenters. The van der Waals surface area contributed by atoms with Crippen molar-refractivity contribution in [3.8, 4) is 0 Å². The highest BCUT2D eigenvalue weighted by Crippen LogP contribution is 2.34. The highest BCUT2D eigenvalue weighted by atomic mass is 16.2. The molecule has 0 radical (unpaired) electrons. The molecule has 3 N–H and O–H groups in total. The number of pyridine rings is 1. The van der Waals surface area contributed by atoms with Gasteiger partial charge >= 0.3 is 0 Å². The maximum absolute atomic E-state index is 12.1. The van der Waals surface area contributed by atoms with E-state index in [4.69, 9.17) is 5.73 Å². The van der Waals surface area contributed by atoms with Crippen molar-refractivity contribution in [1.29, 1.82) is 0 Å². The Morgan fingerprint density at radius 2 is 2.29 bits per heavy atom. The number of carbonyl (C=O) groups is 1. The average molecular weight is 235 g/mol. The molecule has 5 nitrogen and oxygen atoms in total. The third kappa shape index (κ3) is 2.55. The molecule has 1 saturated carbocycles. The second-order valence-electron chi connectivity index (χ2n) is 4.50. The summed E-state index contributed by atoms with van der Waals surface area (Å²) in [6.07, 6.45) is 3.73. The normalized spacial score (nSPS) is 16.6. The van der Waals surface area contributed by atoms with Crippen LogP contribution in [0.2, 0.25) is 0 Å². The van der Waals surface area contributed by atoms with Gasteiger partial charge in [-0.15, -0.1) is 0 Å². The van der Waals surface area contributed by atoms with Crippen LogP contribution in [0.5, 0.6) is 0 Å². The highest BCUT2D eigenvalue weighted by Gasteiger charge is 2.34. The van der Waals surface area contributed by atoms with E-state index in [1.54, 1.807) is 11.9 Å². The van der Waals surface area contributed by atoms with Crippen LogP contribution >= 0.6 is 0 Å². The maximum Gasteiger partial charge on any atom is 0.255 e. The van der Waals surface area contributed by atoms with Gasteiger partial charge in [-0.25, -0.2) is 0 Å². The molecular formula is C12H17N3O2. The zero-order chi connectivity index (χ0) is 12.4. The van der Waals surface area contributed by atoms with Crippen molar-refractivity contribution in [2.45, 2.75) is 18.9 Å². The molecular weight excluding hydrogens is 218 g/mol. The molecule has 1 aliphatic carbocycles. The first-order valence-corrected chi connectivity index (χ1v) is 5.79. The monoisotopic (exact) mass is 235 g/mol. The van der Waals surface area contributed by atoms with Crippen LogP contribution in [0.15, 0.2) is 23.1 Å². The summed E-state index contributed by atoms with van der Waals surface area (Å²) in [4.78, 5) is 27.2. The van der Waals surface area contributed by atoms with E-state index in [0.29, 0.717) is 18.0 Å². The van der Waals surface area contributed by atoms with Gasteiger partial charge in [-0.1, -0.05) is 0 Å². The third-order valence-corrected chi connectivity index (χ3v) is 3.26. The predicted molar refractivity (Wildman–Crippen MR) is 64.7 cm³/mol. The molecule has 1 aliphatic rings. The molecule has 5 heteroatoms. The summed E-state index contributed by atoms with van der Waals surface area (Å²) < 4.78 is 0. The molecule has 0 aliphatic heterocycles. The van der Waals surface area contributed by atoms with E-state index in [9.17, 15) is 9.59 Å². The molecule has 1 aromatic rings. The van der Waals surface area contributed by atoms with Gasteiger partial charge in [-0.2, -0.15) is 0 Å². The van der Waals surface area contributed by atoms with Gasteiger partial charge in [0.15, 0.2) is 0 Å². The number of rotatable bonds is 4. The summed E-state index contributed by atoms with van der Waals surface area (Å²) in [5.74, 6) is 0.445. The van der Waals surface area contributed by atoms with Crippen molar-refractivity contribution in [2.24, 2.45) is 11.7 Å². The van der Waals surface area contributed by atoms with Crippen molar-refractivity contribution >= 4 is 5.91 Å². The second-order valence-corrected chi connectivity index (χ2v) is 4.50. The van der Waals surface area contributed by atoms with Crippen LogP contribution in [-0.4, -0.2) is 35.4 Å². The van der Waals surface area contributed by atoms with E-state index in [1.165, 1.54) is 18.3 Å². The minimum atomic E-state index is -0.207. The average Bonchev–Trinajstić information content (AvgIpc) is 3.14. The predicted octanol–water partition coefficient (Wildman–Crippen LogP) is 0.184. The summed E-state index contributed by atoms with van der Waals surface area (Å²) in [7, 11) is 1.77. The Labute approximate surface area is 99.6 Å². The molecule has 0 aromatic carbocycles. The van der Waals surface area contributed by atoms with Crippen LogP contribution in [0.1, 0.15) is 23.2 Å². The van der Waals surface area contributed by atoms with Crippen LogP contribution in [0.3, 0.4) is 0 Å². The van der Waals surface area contributed by atoms with E-state index in [1.807, 2.05) is 0 Å². The minimum Gasteiger partial charge on any atom is -0.337 e. The van der Waals surface area contributed by atoms with Gasteiger partial charge in [-0.05, 0) is 24.8 Å². The van der Waals surface area contributed by atoms with E-state index < -0.39 is 0 Å². The van der Waals surface area contributed by atoms with Crippen molar-refractivity contribution in [1.82, 2.24) is 9.88 Å². The maximum atomic E-state index is 12.1. The second kappa shape index (κ2) is 4.71. The number of nitrogens with zero attached hydrogens (tertiary/aromatic N) is 1. The number of hydrogen-bond donors (Lipinski definition) is 2. The highest BCUT2D eigenvalue weighted by molar-refractivity contribution is 5.93. The summed E-state index contributed by atoms with van der Waals surface area (Å²) in [6, 6.07) is 3.00. The fourth-order valence-corrected chi connectivity index (χ4v) is 2.05. The van der Waals surface area contributed by atoms with Crippen LogP contribution in [0.25, 0.3) is 0 Å². The van der Waals surface area contributed by atoms with Crippen molar-refractivity contribution in [3.63, 3.8) is 0 Å². The van der Waals surface area contributed by atoms with E-state index in [2.05, 4.69) is 4.98 Å². The minimum absolute atomic E-state index is 0.0939. The van der Waals surface area contributed by atoms with E-state index in [0.717, 1.165) is 12.8 Å². The van der Waals surface area contributed by atoms with Crippen molar-refractivity contribution in [3.05, 3.63) is 34.2 Å². The molecule has 1 fully saturated rings. The number of aromatic amines is 1. The Kier molecular flexibility index (Phi) is 3.28. The molecule has 0 spiro atoms. The molecule has 17 heavy (non-hydrogen) atoms. The first kappa shape index (κ1) is 11.9. The Morgan fingerprint density at radius 1 is 1.59 bits per heavy atom. The SMILES string of the molecule is CN(C(=O)c1ccc(=O)[nH]c1)C(CN)C1CC1. The first-order chi connectivity index (χ1) is 8.13. The van der Waals surface area contributed by atoms with Crippen molar-refractivity contribution < 1.29 is 4.79 Å². The van der Waals surface area contributed by atoms with Gasteiger partial charge in [0.2, 0.25) is 5.56 Å². The van der Waals surface area contributed by atoms with Gasteiger partial charge in [0.05, 0.1) is 5.56 Å². The number of likely N-dealkylation sites (N-methyl/N-ethyl adjacent to an activating group) is 1. The van der Waals surface area contributed by atoms with Crippen LogP contribution in [0, 0.1) is 5.92 Å². The number of H-pyrrole nitrogens is 1. The lowest BCUT2D eigenvalue weighted by Crippen LogP contribution is -2.43. The lowest BCUT2D eigenvalue weighted by Gasteiger charge is -2.27. The Morgan fingerprint density at radius 3 is 2.76 bits per heavy atom. The molecule has 92 valence electrons. The summed E-state index contributed by atoms with van der Waals surface area (Å²) >= 11 is 0. The Balaban J connectivity index is 2.13. The molecule has 0 saturated heterocycles. The zero-order valence-electron chi connectivity index (χ0n) is 9.85. The van der Waals surface area contributed by atoms with Crippen LogP contribution in [-0.2, 0) is 0 Å². The Bertz CT molecular complexity index is 445. The van der Waals surface area contributed by atoms with Crippen LogP contribution < -0.4 is 11.3 Å². The molecule has 0 bridgehead atoms. The Hall–Kier alpha value is -1.62. The summed E-state index contributed by atoms with van der Waals surface area (Å²) in [6.45, 7) is 0.482. The number of nitrogens with two attached hydrogens (primary N) is 1. The van der Waals surface area contributed by atoms with Gasteiger partial charge in [-0.3, -0.25) is 9.59 Å². The number of nitrogens with one attached hydrogen (secondary N) is 1. The quantitative estimate of drug-likeness (QED) is 0.781. The molecule has 1 heterocycles. The smallest absolute Gasteiger partial charge is 0.255 e. The molecule has 1 aromatic heterocycles. The van der Waals surface area contributed by atoms with Gasteiger partial charge in [0.25, 0.3) is 5.91 Å². The van der Waals surface area contributed by atoms with E-state index >= 15 is 0 Å². The lowest BCUT2D eigenvalue weighted by molar-refractivity contribution is 0.0718. The summed E-state index contributed by atoms with van der Waals surface area (Å²) in [5.41, 5.74) is 5.99. The van der Waals surface area contributed by atoms with Gasteiger partial charge < -0.3 is 15.6 Å². The number of carbonyl (C=O) groups excluding carboxylic acids is 1. The van der Waals surface area contributed by atoms with Crippen LogP contribution in [0.4, 0.5) is 0 Å². The molecule has 1 amide bonds. The van der Waals surface area contributed by atoms with Gasteiger partial charge in [0.1, 0.15) is 0 Å². The standard InChI is InChI=1S/C12H17N3O2/c1-15(10(6-13)8-2-3-8)12(17)9-4-5-11(16)14-7-9/h4-5,7-8,10H,2-3,6,13H2,1H3,(H,14,16).